The highest BCUT2D eigenvalue weighted by Gasteiger charge is 2.67. The summed E-state index contributed by atoms with van der Waals surface area (Å²) in [7, 11) is 1.49. The van der Waals surface area contributed by atoms with E-state index in [1.807, 2.05) is 0 Å². The summed E-state index contributed by atoms with van der Waals surface area (Å²) in [5, 5.41) is 0. The van der Waals surface area contributed by atoms with Gasteiger partial charge in [-0.25, -0.2) is 0 Å². The van der Waals surface area contributed by atoms with Crippen LogP contribution in [0.25, 0.3) is 0 Å². The van der Waals surface area contributed by atoms with Crippen molar-refractivity contribution >= 4 is 5.97 Å². The molecule has 0 heterocycles. The van der Waals surface area contributed by atoms with Gasteiger partial charge < -0.3 is 4.74 Å². The second-order valence-electron chi connectivity index (χ2n) is 6.37. The Bertz CT molecular complexity index is 248. The third-order valence-electron chi connectivity index (χ3n) is 3.32. The molecule has 1 saturated carbocycles. The topological polar surface area (TPSA) is 26.3 Å². The molecule has 0 aromatic carbocycles. The van der Waals surface area contributed by atoms with Crippen LogP contribution in [0.1, 0.15) is 47.5 Å². The second kappa shape index (κ2) is 2.98. The zero-order valence-corrected chi connectivity index (χ0v) is 10.2. The van der Waals surface area contributed by atoms with E-state index in [9.17, 15) is 4.79 Å². The van der Waals surface area contributed by atoms with E-state index in [0.29, 0.717) is 0 Å². The molecule has 0 N–H and O–H groups in total. The van der Waals surface area contributed by atoms with Crippen LogP contribution >= 0.6 is 0 Å². The van der Waals surface area contributed by atoms with E-state index in [1.54, 1.807) is 0 Å². The summed E-state index contributed by atoms with van der Waals surface area (Å²) in [4.78, 5) is 11.8. The molecule has 1 unspecified atom stereocenters. The fourth-order valence-electron chi connectivity index (χ4n) is 2.53. The number of methoxy groups -OCH3 is 1. The van der Waals surface area contributed by atoms with Gasteiger partial charge in [0.25, 0.3) is 0 Å². The quantitative estimate of drug-likeness (QED) is 0.637. The molecular formula is C12H22O2. The Hall–Kier alpha value is -0.530. The van der Waals surface area contributed by atoms with Gasteiger partial charge in [0, 0.05) is 0 Å². The van der Waals surface area contributed by atoms with Crippen molar-refractivity contribution < 1.29 is 9.53 Å². The maximum absolute atomic E-state index is 11.8. The smallest absolute Gasteiger partial charge is 0.312 e. The Morgan fingerprint density at radius 2 is 1.79 bits per heavy atom. The first-order valence-electron chi connectivity index (χ1n) is 5.23. The molecule has 14 heavy (non-hydrogen) atoms. The Labute approximate surface area is 87.0 Å². The minimum atomic E-state index is -0.222. The van der Waals surface area contributed by atoms with Gasteiger partial charge in [0.05, 0.1) is 12.5 Å². The summed E-state index contributed by atoms with van der Waals surface area (Å²) < 4.78 is 4.92. The summed E-state index contributed by atoms with van der Waals surface area (Å²) in [6.07, 6.45) is 1.88. The van der Waals surface area contributed by atoms with E-state index in [-0.39, 0.29) is 22.2 Å². The average Bonchev–Trinajstić information content (AvgIpc) is 2.49. The molecule has 2 nitrogen and oxygen atoms in total. The molecule has 0 radical (unpaired) electrons. The van der Waals surface area contributed by atoms with Crippen molar-refractivity contribution in [3.63, 3.8) is 0 Å². The van der Waals surface area contributed by atoms with Crippen molar-refractivity contribution in [1.82, 2.24) is 0 Å². The van der Waals surface area contributed by atoms with Gasteiger partial charge in [-0.3, -0.25) is 4.79 Å². The van der Waals surface area contributed by atoms with Crippen LogP contribution in [0.2, 0.25) is 0 Å². The molecule has 0 amide bonds. The van der Waals surface area contributed by atoms with Crippen LogP contribution in [0.15, 0.2) is 0 Å². The predicted octanol–water partition coefficient (Wildman–Crippen LogP) is 3.01. The second-order valence-corrected chi connectivity index (χ2v) is 6.37. The van der Waals surface area contributed by atoms with Gasteiger partial charge in [-0.2, -0.15) is 0 Å². The number of carbonyl (C=O) groups is 1. The third-order valence-corrected chi connectivity index (χ3v) is 3.32. The lowest BCUT2D eigenvalue weighted by Gasteiger charge is -2.26. The van der Waals surface area contributed by atoms with Crippen molar-refractivity contribution in [2.45, 2.75) is 47.5 Å². The number of hydrogen-bond donors (Lipinski definition) is 0. The normalized spacial score (nSPS) is 29.9. The van der Waals surface area contributed by atoms with Gasteiger partial charge in [-0.05, 0) is 23.7 Å². The van der Waals surface area contributed by atoms with Gasteiger partial charge in [-0.1, -0.05) is 34.6 Å². The first kappa shape index (κ1) is 11.5. The molecule has 0 aliphatic heterocycles. The minimum Gasteiger partial charge on any atom is -0.469 e. The predicted molar refractivity (Wildman–Crippen MR) is 56.9 cm³/mol. The molecule has 2 heteroatoms. The summed E-state index contributed by atoms with van der Waals surface area (Å²) >= 11 is 0. The van der Waals surface area contributed by atoms with Crippen LogP contribution < -0.4 is 0 Å². The van der Waals surface area contributed by atoms with E-state index in [4.69, 9.17) is 4.74 Å². The van der Waals surface area contributed by atoms with E-state index < -0.39 is 0 Å². The molecule has 82 valence electrons. The van der Waals surface area contributed by atoms with Crippen LogP contribution in [0.5, 0.6) is 0 Å². The van der Waals surface area contributed by atoms with Gasteiger partial charge in [0.15, 0.2) is 0 Å². The monoisotopic (exact) mass is 198 g/mol. The van der Waals surface area contributed by atoms with Crippen LogP contribution in [-0.4, -0.2) is 13.1 Å². The van der Waals surface area contributed by atoms with E-state index in [2.05, 4.69) is 34.6 Å². The number of hydrogen-bond acceptors (Lipinski definition) is 2. The van der Waals surface area contributed by atoms with Gasteiger partial charge in [-0.15, -0.1) is 0 Å². The average molecular weight is 198 g/mol. The van der Waals surface area contributed by atoms with Crippen LogP contribution in [0.4, 0.5) is 0 Å². The maximum atomic E-state index is 11.8. The Kier molecular flexibility index (Phi) is 2.46. The lowest BCUT2D eigenvalue weighted by atomic mass is 9.79. The zero-order valence-electron chi connectivity index (χ0n) is 10.2. The Morgan fingerprint density at radius 1 is 1.36 bits per heavy atom. The summed E-state index contributed by atoms with van der Waals surface area (Å²) in [5.41, 5.74) is 0.0787. The van der Waals surface area contributed by atoms with Gasteiger partial charge >= 0.3 is 5.97 Å². The van der Waals surface area contributed by atoms with Crippen LogP contribution in [-0.2, 0) is 9.53 Å². The largest absolute Gasteiger partial charge is 0.469 e. The van der Waals surface area contributed by atoms with E-state index in [0.717, 1.165) is 12.8 Å². The lowest BCUT2D eigenvalue weighted by Crippen LogP contribution is -2.28. The van der Waals surface area contributed by atoms with E-state index in [1.165, 1.54) is 7.11 Å². The Morgan fingerprint density at radius 3 is 2.00 bits per heavy atom. The standard InChI is InChI=1S/C12H22O2/c1-10(2,3)7-12(9(13)14-6)8-11(12,4)5/h7-8H2,1-6H3. The first-order valence-corrected chi connectivity index (χ1v) is 5.23. The molecule has 1 atom stereocenters. The third kappa shape index (κ3) is 1.79. The summed E-state index contributed by atoms with van der Waals surface area (Å²) in [6.45, 7) is 10.8. The molecular weight excluding hydrogens is 176 g/mol. The molecule has 0 saturated heterocycles. The molecule has 0 bridgehead atoms. The zero-order chi connectivity index (χ0) is 11.2. The minimum absolute atomic E-state index is 0.0302. The van der Waals surface area contributed by atoms with Crippen LogP contribution in [0, 0.1) is 16.2 Å². The van der Waals surface area contributed by atoms with Crippen molar-refractivity contribution in [3.05, 3.63) is 0 Å². The SMILES string of the molecule is COC(=O)C1(CC(C)(C)C)CC1(C)C. The molecule has 0 aromatic rings. The Balaban J connectivity index is 2.83. The highest BCUT2D eigenvalue weighted by atomic mass is 16.5. The highest BCUT2D eigenvalue weighted by molar-refractivity contribution is 5.81. The van der Waals surface area contributed by atoms with Crippen molar-refractivity contribution in [2.75, 3.05) is 7.11 Å². The number of carbonyl (C=O) groups excluding carboxylic acids is 1. The van der Waals surface area contributed by atoms with Gasteiger partial charge in [0.1, 0.15) is 0 Å². The molecule has 0 spiro atoms. The van der Waals surface area contributed by atoms with Crippen molar-refractivity contribution in [3.8, 4) is 0 Å². The lowest BCUT2D eigenvalue weighted by molar-refractivity contribution is -0.150. The first-order chi connectivity index (χ1) is 6.15. The molecule has 1 fully saturated rings. The molecule has 1 aliphatic rings. The van der Waals surface area contributed by atoms with Gasteiger partial charge in [0.2, 0.25) is 0 Å². The fourth-order valence-corrected chi connectivity index (χ4v) is 2.53. The molecule has 0 aromatic heterocycles. The number of rotatable bonds is 2. The van der Waals surface area contributed by atoms with E-state index >= 15 is 0 Å². The molecule has 1 aliphatic carbocycles. The summed E-state index contributed by atoms with van der Waals surface area (Å²) in [5.74, 6) is -0.0302. The number of esters is 1. The van der Waals surface area contributed by atoms with Crippen molar-refractivity contribution in [1.29, 1.82) is 0 Å². The summed E-state index contributed by atoms with van der Waals surface area (Å²) in [6, 6.07) is 0. The number of ether oxygens (including phenoxy) is 1. The maximum Gasteiger partial charge on any atom is 0.312 e. The van der Waals surface area contributed by atoms with Crippen molar-refractivity contribution in [2.24, 2.45) is 16.2 Å². The van der Waals surface area contributed by atoms with Crippen LogP contribution in [0.3, 0.4) is 0 Å². The fraction of sp³-hybridized carbons (Fsp3) is 0.917. The highest BCUT2D eigenvalue weighted by Crippen LogP contribution is 2.68. The molecule has 1 rings (SSSR count).